The number of piperazine rings is 1. The highest BCUT2D eigenvalue weighted by molar-refractivity contribution is 7.13. The van der Waals surface area contributed by atoms with Crippen molar-refractivity contribution in [2.24, 2.45) is 0 Å². The van der Waals surface area contributed by atoms with E-state index in [1.807, 2.05) is 18.2 Å². The number of rotatable bonds is 7. The lowest BCUT2D eigenvalue weighted by Crippen LogP contribution is -2.46. The molecule has 9 heteroatoms. The molecule has 0 aliphatic carbocycles. The van der Waals surface area contributed by atoms with Crippen molar-refractivity contribution < 1.29 is 9.53 Å². The van der Waals surface area contributed by atoms with Crippen LogP contribution < -0.4 is 20.9 Å². The van der Waals surface area contributed by atoms with Crippen LogP contribution in [0.5, 0.6) is 5.75 Å². The predicted octanol–water partition coefficient (Wildman–Crippen LogP) is 2.42. The molecule has 2 aliphatic rings. The maximum absolute atomic E-state index is 12.9. The molecule has 2 aromatic heterocycles. The number of hydrogen-bond acceptors (Lipinski definition) is 7. The van der Waals surface area contributed by atoms with Crippen LogP contribution in [0.15, 0.2) is 39.2 Å². The molecule has 5 rings (SSSR count). The summed E-state index contributed by atoms with van der Waals surface area (Å²) < 4.78 is 8.46. The first-order chi connectivity index (χ1) is 16.1. The zero-order chi connectivity index (χ0) is 22.9. The van der Waals surface area contributed by atoms with Gasteiger partial charge in [-0.3, -0.25) is 23.6 Å². The highest BCUT2D eigenvalue weighted by Crippen LogP contribution is 2.29. The normalized spacial score (nSPS) is 16.5. The van der Waals surface area contributed by atoms with Crippen molar-refractivity contribution in [1.29, 1.82) is 0 Å². The number of ether oxygens (including phenoxy) is 1. The summed E-state index contributed by atoms with van der Waals surface area (Å²) in [6.07, 6.45) is 2.01. The Morgan fingerprint density at radius 3 is 2.52 bits per heavy atom. The lowest BCUT2D eigenvalue weighted by Gasteiger charge is -2.36. The predicted molar refractivity (Wildman–Crippen MR) is 130 cm³/mol. The third-order valence-corrected chi connectivity index (χ3v) is 7.70. The van der Waals surface area contributed by atoms with Gasteiger partial charge in [0, 0.05) is 51.1 Å². The molecule has 0 saturated carbocycles. The summed E-state index contributed by atoms with van der Waals surface area (Å²) in [7, 11) is 1.70. The molecule has 3 aromatic rings. The Kier molecular flexibility index (Phi) is 6.07. The number of carbonyl (C=O) groups is 1. The second-order valence-corrected chi connectivity index (χ2v) is 9.48. The minimum Gasteiger partial charge on any atom is -0.495 e. The van der Waals surface area contributed by atoms with Crippen LogP contribution in [-0.2, 0) is 13.1 Å². The van der Waals surface area contributed by atoms with Crippen molar-refractivity contribution in [2.45, 2.75) is 32.4 Å². The number of hydrogen-bond donors (Lipinski definition) is 0. The number of thiophene rings is 1. The van der Waals surface area contributed by atoms with Crippen LogP contribution in [0, 0.1) is 0 Å². The first-order valence-corrected chi connectivity index (χ1v) is 12.3. The quantitative estimate of drug-likeness (QED) is 0.496. The van der Waals surface area contributed by atoms with Crippen molar-refractivity contribution in [3.05, 3.63) is 55.4 Å². The summed E-state index contributed by atoms with van der Waals surface area (Å²) in [6.45, 7) is 5.55. The second-order valence-electron chi connectivity index (χ2n) is 8.60. The molecule has 0 atom stereocenters. The van der Waals surface area contributed by atoms with E-state index in [0.717, 1.165) is 57.0 Å². The van der Waals surface area contributed by atoms with Crippen LogP contribution in [0.1, 0.15) is 28.9 Å². The number of carbonyl (C=O) groups excluding carboxylic acids is 1. The zero-order valence-corrected chi connectivity index (χ0v) is 19.6. The second kappa shape index (κ2) is 9.15. The summed E-state index contributed by atoms with van der Waals surface area (Å²) in [5.74, 6) is 0.929. The average Bonchev–Trinajstić information content (AvgIpc) is 3.30. The largest absolute Gasteiger partial charge is 0.495 e. The van der Waals surface area contributed by atoms with E-state index in [0.29, 0.717) is 35.3 Å². The fourth-order valence-corrected chi connectivity index (χ4v) is 5.90. The molecule has 174 valence electrons. The van der Waals surface area contributed by atoms with E-state index in [9.17, 15) is 14.4 Å². The van der Waals surface area contributed by atoms with E-state index < -0.39 is 0 Å². The number of anilines is 1. The van der Waals surface area contributed by atoms with Crippen molar-refractivity contribution >= 4 is 33.7 Å². The van der Waals surface area contributed by atoms with Gasteiger partial charge in [0.1, 0.15) is 5.75 Å². The van der Waals surface area contributed by atoms with E-state index in [4.69, 9.17) is 4.74 Å². The Hall–Kier alpha value is -2.91. The molecule has 0 radical (unpaired) electrons. The van der Waals surface area contributed by atoms with Gasteiger partial charge in [0.05, 0.1) is 28.6 Å². The Morgan fingerprint density at radius 2 is 1.73 bits per heavy atom. The standard InChI is InChI=1S/C24H28N4O4S/c1-32-20-7-3-2-6-18(20)26-14-12-25(13-15-26)9-4-5-10-28-23(30)17-16-33-22-19(29)8-11-27(21(17)22)24(28)31/h2-3,6-7,16H,4-5,8-15H2,1H3. The van der Waals surface area contributed by atoms with Crippen LogP contribution in [0.25, 0.3) is 10.9 Å². The van der Waals surface area contributed by atoms with E-state index in [2.05, 4.69) is 15.9 Å². The number of Topliss-reactive ketones (excluding diaryl/α,β-unsaturated/α-hetero) is 1. The first-order valence-electron chi connectivity index (χ1n) is 11.5. The van der Waals surface area contributed by atoms with E-state index in [1.54, 1.807) is 17.1 Å². The maximum Gasteiger partial charge on any atom is 0.331 e. The van der Waals surface area contributed by atoms with Gasteiger partial charge in [0.15, 0.2) is 5.78 Å². The van der Waals surface area contributed by atoms with Gasteiger partial charge in [-0.15, -0.1) is 11.3 Å². The van der Waals surface area contributed by atoms with E-state index >= 15 is 0 Å². The maximum atomic E-state index is 12.9. The summed E-state index contributed by atoms with van der Waals surface area (Å²) in [5.41, 5.74) is 1.12. The van der Waals surface area contributed by atoms with Crippen molar-refractivity contribution in [3.63, 3.8) is 0 Å². The van der Waals surface area contributed by atoms with Gasteiger partial charge < -0.3 is 9.64 Å². The fraction of sp³-hybridized carbons (Fsp3) is 0.458. The van der Waals surface area contributed by atoms with Crippen LogP contribution in [0.4, 0.5) is 5.69 Å². The lowest BCUT2D eigenvalue weighted by molar-refractivity contribution is 0.0976. The van der Waals surface area contributed by atoms with Gasteiger partial charge in [-0.1, -0.05) is 12.1 Å². The monoisotopic (exact) mass is 468 g/mol. The summed E-state index contributed by atoms with van der Waals surface area (Å²) in [5, 5.41) is 2.22. The van der Waals surface area contributed by atoms with Crippen LogP contribution in [0.3, 0.4) is 0 Å². The lowest BCUT2D eigenvalue weighted by atomic mass is 10.1. The topological polar surface area (TPSA) is 76.8 Å². The Morgan fingerprint density at radius 1 is 0.970 bits per heavy atom. The van der Waals surface area contributed by atoms with E-state index in [1.165, 1.54) is 15.9 Å². The number of benzene rings is 1. The average molecular weight is 469 g/mol. The van der Waals surface area contributed by atoms with Gasteiger partial charge in [-0.2, -0.15) is 0 Å². The summed E-state index contributed by atoms with van der Waals surface area (Å²) in [4.78, 5) is 43.3. The van der Waals surface area contributed by atoms with Crippen LogP contribution in [0.2, 0.25) is 0 Å². The minimum absolute atomic E-state index is 0.0253. The first kappa shape index (κ1) is 21.9. The highest BCUT2D eigenvalue weighted by Gasteiger charge is 2.25. The van der Waals surface area contributed by atoms with Gasteiger partial charge in [-0.25, -0.2) is 4.79 Å². The number of para-hydroxylation sites is 2. The number of unbranched alkanes of at least 4 members (excludes halogenated alkanes) is 1. The molecule has 4 heterocycles. The molecule has 0 spiro atoms. The Bertz CT molecular complexity index is 1300. The van der Waals surface area contributed by atoms with Gasteiger partial charge in [0.25, 0.3) is 5.56 Å². The molecule has 1 saturated heterocycles. The molecular formula is C24H28N4O4S. The van der Waals surface area contributed by atoms with Gasteiger partial charge in [-0.05, 0) is 31.5 Å². The molecule has 1 fully saturated rings. The third-order valence-electron chi connectivity index (χ3n) is 6.69. The number of aromatic nitrogens is 2. The minimum atomic E-state index is -0.287. The molecule has 1 aromatic carbocycles. The van der Waals surface area contributed by atoms with Gasteiger partial charge >= 0.3 is 5.69 Å². The van der Waals surface area contributed by atoms with Gasteiger partial charge in [0.2, 0.25) is 0 Å². The number of ketones is 1. The number of methoxy groups -OCH3 is 1. The third kappa shape index (κ3) is 4.00. The molecule has 2 aliphatic heterocycles. The van der Waals surface area contributed by atoms with Crippen molar-refractivity contribution in [3.8, 4) is 5.75 Å². The van der Waals surface area contributed by atoms with Crippen LogP contribution >= 0.6 is 11.3 Å². The SMILES string of the molecule is COc1ccccc1N1CCN(CCCCn2c(=O)c3csc4c3n(c2=O)CCC4=O)CC1. The zero-order valence-electron chi connectivity index (χ0n) is 18.8. The smallest absolute Gasteiger partial charge is 0.331 e. The summed E-state index contributed by atoms with van der Waals surface area (Å²) in [6, 6.07) is 8.11. The molecule has 0 N–H and O–H groups in total. The van der Waals surface area contributed by atoms with Crippen molar-refractivity contribution in [2.75, 3.05) is 44.7 Å². The van der Waals surface area contributed by atoms with Crippen molar-refractivity contribution in [1.82, 2.24) is 14.0 Å². The summed E-state index contributed by atoms with van der Waals surface area (Å²) >= 11 is 1.27. The molecule has 0 amide bonds. The molecule has 0 bridgehead atoms. The fourth-order valence-electron chi connectivity index (χ4n) is 4.88. The Balaban J connectivity index is 1.18. The van der Waals surface area contributed by atoms with Crippen LogP contribution in [-0.4, -0.2) is 59.7 Å². The molecular weight excluding hydrogens is 440 g/mol. The highest BCUT2D eigenvalue weighted by atomic mass is 32.1. The molecule has 8 nitrogen and oxygen atoms in total. The molecule has 0 unspecified atom stereocenters. The number of nitrogens with zero attached hydrogens (tertiary/aromatic N) is 4. The Labute approximate surface area is 195 Å². The number of aryl methyl sites for hydroxylation is 1. The van der Waals surface area contributed by atoms with E-state index in [-0.39, 0.29) is 17.0 Å². The molecule has 33 heavy (non-hydrogen) atoms.